The summed E-state index contributed by atoms with van der Waals surface area (Å²) < 4.78 is 4.73. The fourth-order valence-corrected chi connectivity index (χ4v) is 1.92. The lowest BCUT2D eigenvalue weighted by atomic mass is 9.97. The minimum absolute atomic E-state index is 0.0534. The molecule has 0 saturated carbocycles. The Morgan fingerprint density at radius 3 is 2.93 bits per heavy atom. The minimum atomic E-state index is -0.154. The highest BCUT2D eigenvalue weighted by molar-refractivity contribution is 5.72. The SMILES string of the molecule is COC(=O)C1CCC(C)C=C(CO)C1. The summed E-state index contributed by atoms with van der Waals surface area (Å²) in [6.45, 7) is 2.16. The molecule has 0 heterocycles. The van der Waals surface area contributed by atoms with Gasteiger partial charge in [0.1, 0.15) is 0 Å². The van der Waals surface area contributed by atoms with Crippen LogP contribution in [0.4, 0.5) is 0 Å². The second-order valence-electron chi connectivity index (χ2n) is 3.96. The van der Waals surface area contributed by atoms with Crippen LogP contribution >= 0.6 is 0 Å². The van der Waals surface area contributed by atoms with E-state index in [0.29, 0.717) is 12.3 Å². The van der Waals surface area contributed by atoms with Crippen LogP contribution in [-0.4, -0.2) is 24.8 Å². The molecular formula is C11H18O3. The summed E-state index contributed by atoms with van der Waals surface area (Å²) in [6, 6.07) is 0. The fourth-order valence-electron chi connectivity index (χ4n) is 1.92. The second-order valence-corrected chi connectivity index (χ2v) is 3.96. The Bertz CT molecular complexity index is 233. The van der Waals surface area contributed by atoms with E-state index in [1.54, 1.807) is 0 Å². The predicted molar refractivity (Wildman–Crippen MR) is 53.7 cm³/mol. The lowest BCUT2D eigenvalue weighted by molar-refractivity contribution is -0.145. The van der Waals surface area contributed by atoms with Gasteiger partial charge in [0.05, 0.1) is 19.6 Å². The van der Waals surface area contributed by atoms with Crippen molar-refractivity contribution < 1.29 is 14.6 Å². The summed E-state index contributed by atoms with van der Waals surface area (Å²) in [5, 5.41) is 9.09. The molecule has 2 unspecified atom stereocenters. The van der Waals surface area contributed by atoms with Crippen LogP contribution < -0.4 is 0 Å². The van der Waals surface area contributed by atoms with Gasteiger partial charge in [-0.2, -0.15) is 0 Å². The van der Waals surface area contributed by atoms with Crippen molar-refractivity contribution in [2.75, 3.05) is 13.7 Å². The summed E-state index contributed by atoms with van der Waals surface area (Å²) in [5.41, 5.74) is 0.963. The number of aliphatic hydroxyl groups is 1. The molecule has 1 rings (SSSR count). The van der Waals surface area contributed by atoms with Crippen LogP contribution in [0.25, 0.3) is 0 Å². The number of methoxy groups -OCH3 is 1. The van der Waals surface area contributed by atoms with E-state index in [9.17, 15) is 4.79 Å². The van der Waals surface area contributed by atoms with E-state index in [1.165, 1.54) is 7.11 Å². The van der Waals surface area contributed by atoms with Crippen LogP contribution in [0.2, 0.25) is 0 Å². The molecule has 3 heteroatoms. The zero-order chi connectivity index (χ0) is 10.6. The van der Waals surface area contributed by atoms with Crippen molar-refractivity contribution in [3.63, 3.8) is 0 Å². The van der Waals surface area contributed by atoms with E-state index >= 15 is 0 Å². The van der Waals surface area contributed by atoms with Gasteiger partial charge in [-0.15, -0.1) is 0 Å². The number of aliphatic hydroxyl groups excluding tert-OH is 1. The van der Waals surface area contributed by atoms with E-state index < -0.39 is 0 Å². The summed E-state index contributed by atoms with van der Waals surface area (Å²) in [6.07, 6.45) is 4.56. The van der Waals surface area contributed by atoms with Crippen LogP contribution in [0.5, 0.6) is 0 Å². The molecule has 80 valence electrons. The third-order valence-electron chi connectivity index (χ3n) is 2.74. The van der Waals surface area contributed by atoms with Gasteiger partial charge in [-0.1, -0.05) is 13.0 Å². The largest absolute Gasteiger partial charge is 0.469 e. The first-order chi connectivity index (χ1) is 6.67. The van der Waals surface area contributed by atoms with Crippen molar-refractivity contribution in [3.8, 4) is 0 Å². The Kier molecular flexibility index (Phi) is 4.14. The van der Waals surface area contributed by atoms with Gasteiger partial charge in [0.15, 0.2) is 0 Å². The summed E-state index contributed by atoms with van der Waals surface area (Å²) in [7, 11) is 1.42. The molecule has 0 aromatic carbocycles. The first-order valence-electron chi connectivity index (χ1n) is 5.05. The zero-order valence-corrected chi connectivity index (χ0v) is 8.82. The number of ether oxygens (including phenoxy) is 1. The number of carbonyl (C=O) groups excluding carboxylic acids is 1. The van der Waals surface area contributed by atoms with Gasteiger partial charge in [0.25, 0.3) is 0 Å². The molecule has 0 fully saturated rings. The molecule has 0 aliphatic heterocycles. The Balaban J connectivity index is 2.66. The van der Waals surface area contributed by atoms with Crippen molar-refractivity contribution in [1.82, 2.24) is 0 Å². The number of rotatable bonds is 2. The smallest absolute Gasteiger partial charge is 0.308 e. The maximum absolute atomic E-state index is 11.4. The highest BCUT2D eigenvalue weighted by Crippen LogP contribution is 2.27. The number of esters is 1. The van der Waals surface area contributed by atoms with E-state index in [1.807, 2.05) is 0 Å². The number of allylic oxidation sites excluding steroid dienone is 1. The van der Waals surface area contributed by atoms with E-state index in [2.05, 4.69) is 13.0 Å². The van der Waals surface area contributed by atoms with E-state index in [-0.39, 0.29) is 18.5 Å². The molecule has 0 spiro atoms. The molecule has 0 aromatic heterocycles. The third-order valence-corrected chi connectivity index (χ3v) is 2.74. The van der Waals surface area contributed by atoms with Crippen molar-refractivity contribution in [3.05, 3.63) is 11.6 Å². The molecule has 0 saturated heterocycles. The Labute approximate surface area is 84.8 Å². The van der Waals surface area contributed by atoms with Crippen LogP contribution in [0.3, 0.4) is 0 Å². The van der Waals surface area contributed by atoms with Crippen molar-refractivity contribution in [1.29, 1.82) is 0 Å². The van der Waals surface area contributed by atoms with Gasteiger partial charge < -0.3 is 9.84 Å². The standard InChI is InChI=1S/C11H18O3/c1-8-3-4-10(11(13)14-2)6-9(5-8)7-12/h5,8,10,12H,3-4,6-7H2,1-2H3. The third kappa shape index (κ3) is 2.84. The van der Waals surface area contributed by atoms with Crippen molar-refractivity contribution >= 4 is 5.97 Å². The molecule has 1 aliphatic carbocycles. The summed E-state index contributed by atoms with van der Waals surface area (Å²) >= 11 is 0. The van der Waals surface area contributed by atoms with Crippen LogP contribution in [0.15, 0.2) is 11.6 Å². The predicted octanol–water partition coefficient (Wildman–Crippen LogP) is 1.51. The number of hydrogen-bond donors (Lipinski definition) is 1. The molecule has 0 radical (unpaired) electrons. The summed E-state index contributed by atoms with van der Waals surface area (Å²) in [5.74, 6) is 0.230. The molecule has 0 amide bonds. The lowest BCUT2D eigenvalue weighted by Gasteiger charge is -2.12. The number of hydrogen-bond acceptors (Lipinski definition) is 3. The first kappa shape index (κ1) is 11.2. The number of carbonyl (C=O) groups is 1. The van der Waals surface area contributed by atoms with Crippen LogP contribution in [-0.2, 0) is 9.53 Å². The molecule has 3 nitrogen and oxygen atoms in total. The molecular weight excluding hydrogens is 180 g/mol. The minimum Gasteiger partial charge on any atom is -0.469 e. The Morgan fingerprint density at radius 2 is 2.36 bits per heavy atom. The fraction of sp³-hybridized carbons (Fsp3) is 0.727. The highest BCUT2D eigenvalue weighted by atomic mass is 16.5. The molecule has 0 bridgehead atoms. The summed E-state index contributed by atoms with van der Waals surface area (Å²) in [4.78, 5) is 11.4. The van der Waals surface area contributed by atoms with Gasteiger partial charge in [0.2, 0.25) is 0 Å². The topological polar surface area (TPSA) is 46.5 Å². The van der Waals surface area contributed by atoms with E-state index in [4.69, 9.17) is 9.84 Å². The van der Waals surface area contributed by atoms with Gasteiger partial charge in [-0.3, -0.25) is 4.79 Å². The van der Waals surface area contributed by atoms with Gasteiger partial charge >= 0.3 is 5.97 Å². The Morgan fingerprint density at radius 1 is 1.64 bits per heavy atom. The van der Waals surface area contributed by atoms with Gasteiger partial charge in [0, 0.05) is 0 Å². The molecule has 1 N–H and O–H groups in total. The first-order valence-corrected chi connectivity index (χ1v) is 5.05. The van der Waals surface area contributed by atoms with E-state index in [0.717, 1.165) is 18.4 Å². The highest BCUT2D eigenvalue weighted by Gasteiger charge is 2.23. The van der Waals surface area contributed by atoms with Gasteiger partial charge in [-0.25, -0.2) is 0 Å². The second kappa shape index (κ2) is 5.15. The maximum atomic E-state index is 11.4. The average molecular weight is 198 g/mol. The molecule has 2 atom stereocenters. The normalized spacial score (nSPS) is 27.8. The quantitative estimate of drug-likeness (QED) is 0.540. The van der Waals surface area contributed by atoms with Crippen molar-refractivity contribution in [2.24, 2.45) is 11.8 Å². The molecule has 14 heavy (non-hydrogen) atoms. The average Bonchev–Trinajstić information content (AvgIpc) is 2.38. The maximum Gasteiger partial charge on any atom is 0.308 e. The Hall–Kier alpha value is -0.830. The zero-order valence-electron chi connectivity index (χ0n) is 8.82. The molecule has 1 aliphatic rings. The van der Waals surface area contributed by atoms with Crippen LogP contribution in [0.1, 0.15) is 26.2 Å². The lowest BCUT2D eigenvalue weighted by Crippen LogP contribution is -2.16. The van der Waals surface area contributed by atoms with Gasteiger partial charge in [-0.05, 0) is 30.8 Å². The monoisotopic (exact) mass is 198 g/mol. The van der Waals surface area contributed by atoms with Crippen molar-refractivity contribution in [2.45, 2.75) is 26.2 Å². The molecule has 0 aromatic rings. The van der Waals surface area contributed by atoms with Crippen LogP contribution in [0, 0.1) is 11.8 Å².